The molecule has 2 fully saturated rings. The Morgan fingerprint density at radius 3 is 2.72 bits per heavy atom. The van der Waals surface area contributed by atoms with E-state index in [0.29, 0.717) is 16.8 Å². The van der Waals surface area contributed by atoms with Gasteiger partial charge < -0.3 is 4.74 Å². The number of hydrogen-bond acceptors (Lipinski definition) is 3. The van der Waals surface area contributed by atoms with Crippen molar-refractivity contribution in [2.75, 3.05) is 12.4 Å². The van der Waals surface area contributed by atoms with Gasteiger partial charge in [0.25, 0.3) is 0 Å². The molecule has 0 amide bonds. The molecule has 0 aromatic carbocycles. The van der Waals surface area contributed by atoms with Crippen LogP contribution in [0.3, 0.4) is 0 Å². The molecule has 2 nitrogen and oxygen atoms in total. The normalized spacial score (nSPS) is 27.6. The highest BCUT2D eigenvalue weighted by Gasteiger charge is 2.40. The molecule has 1 saturated heterocycles. The van der Waals surface area contributed by atoms with Gasteiger partial charge in [0.1, 0.15) is 5.78 Å². The molecule has 3 heteroatoms. The second-order valence-electron chi connectivity index (χ2n) is 6.11. The van der Waals surface area contributed by atoms with E-state index in [1.54, 1.807) is 11.8 Å². The Hall–Kier alpha value is -0.0200. The molecule has 1 heterocycles. The molecule has 104 valence electrons. The lowest BCUT2D eigenvalue weighted by Crippen LogP contribution is -2.43. The van der Waals surface area contributed by atoms with E-state index in [4.69, 9.17) is 4.74 Å². The molecule has 2 rings (SSSR count). The number of rotatable bonds is 4. The van der Waals surface area contributed by atoms with Crippen LogP contribution < -0.4 is 0 Å². The van der Waals surface area contributed by atoms with E-state index >= 15 is 0 Å². The predicted molar refractivity (Wildman–Crippen MR) is 77.1 cm³/mol. The maximum absolute atomic E-state index is 12.3. The number of carbonyl (C=O) groups excluding carboxylic acids is 1. The molecule has 0 radical (unpaired) electrons. The highest BCUT2D eigenvalue weighted by molar-refractivity contribution is 8.00. The summed E-state index contributed by atoms with van der Waals surface area (Å²) in [6.45, 7) is 5.11. The van der Waals surface area contributed by atoms with Crippen molar-refractivity contribution >= 4 is 17.5 Å². The van der Waals surface area contributed by atoms with Gasteiger partial charge in [0.15, 0.2) is 0 Å². The summed E-state index contributed by atoms with van der Waals surface area (Å²) in [5.41, 5.74) is 0.0688. The molecule has 1 aliphatic heterocycles. The van der Waals surface area contributed by atoms with E-state index in [0.717, 1.165) is 19.4 Å². The SMILES string of the molecule is CC(C)SCC(=O)C1CCOC2(CCCCC2)C1. The summed E-state index contributed by atoms with van der Waals surface area (Å²) >= 11 is 1.78. The monoisotopic (exact) mass is 270 g/mol. The van der Waals surface area contributed by atoms with Crippen LogP contribution in [0.2, 0.25) is 0 Å². The third kappa shape index (κ3) is 3.74. The summed E-state index contributed by atoms with van der Waals surface area (Å²) in [6.07, 6.45) is 8.18. The molecule has 0 bridgehead atoms. The van der Waals surface area contributed by atoms with Crippen molar-refractivity contribution in [2.24, 2.45) is 5.92 Å². The lowest BCUT2D eigenvalue weighted by atomic mass is 9.75. The zero-order valence-corrected chi connectivity index (χ0v) is 12.6. The number of hydrogen-bond donors (Lipinski definition) is 0. The van der Waals surface area contributed by atoms with Crippen molar-refractivity contribution in [1.29, 1.82) is 0 Å². The van der Waals surface area contributed by atoms with Gasteiger partial charge in [0, 0.05) is 12.5 Å². The highest BCUT2D eigenvalue weighted by atomic mass is 32.2. The number of thioether (sulfide) groups is 1. The lowest BCUT2D eigenvalue weighted by Gasteiger charge is -2.43. The molecule has 1 aliphatic carbocycles. The van der Waals surface area contributed by atoms with E-state index < -0.39 is 0 Å². The third-order valence-corrected chi connectivity index (χ3v) is 5.39. The van der Waals surface area contributed by atoms with Crippen molar-refractivity contribution in [3.8, 4) is 0 Å². The first-order chi connectivity index (χ1) is 8.61. The van der Waals surface area contributed by atoms with Crippen LogP contribution >= 0.6 is 11.8 Å². The average Bonchev–Trinajstić information content (AvgIpc) is 2.37. The molecule has 0 aromatic heterocycles. The van der Waals surface area contributed by atoms with Crippen molar-refractivity contribution < 1.29 is 9.53 Å². The minimum Gasteiger partial charge on any atom is -0.375 e. The topological polar surface area (TPSA) is 26.3 Å². The fourth-order valence-corrected chi connectivity index (χ4v) is 3.95. The lowest BCUT2D eigenvalue weighted by molar-refractivity contribution is -0.140. The molecule has 1 unspecified atom stereocenters. The van der Waals surface area contributed by atoms with Gasteiger partial charge in [0.05, 0.1) is 11.4 Å². The molecule has 1 saturated carbocycles. The van der Waals surface area contributed by atoms with E-state index in [2.05, 4.69) is 13.8 Å². The zero-order valence-electron chi connectivity index (χ0n) is 11.7. The number of ether oxygens (including phenoxy) is 1. The smallest absolute Gasteiger partial charge is 0.146 e. The van der Waals surface area contributed by atoms with Crippen LogP contribution in [0.25, 0.3) is 0 Å². The second-order valence-corrected chi connectivity index (χ2v) is 7.67. The van der Waals surface area contributed by atoms with Crippen LogP contribution in [-0.4, -0.2) is 29.0 Å². The first kappa shape index (κ1) is 14.4. The van der Waals surface area contributed by atoms with Crippen LogP contribution in [0.1, 0.15) is 58.8 Å². The van der Waals surface area contributed by atoms with Gasteiger partial charge in [-0.3, -0.25) is 4.79 Å². The van der Waals surface area contributed by atoms with Crippen LogP contribution in [0.4, 0.5) is 0 Å². The summed E-state index contributed by atoms with van der Waals surface area (Å²) in [6, 6.07) is 0. The number of ketones is 1. The van der Waals surface area contributed by atoms with Crippen molar-refractivity contribution in [3.63, 3.8) is 0 Å². The maximum atomic E-state index is 12.3. The summed E-state index contributed by atoms with van der Waals surface area (Å²) < 4.78 is 6.05. The minimum atomic E-state index is 0.0688. The standard InChI is InChI=1S/C15H26O2S/c1-12(2)18-11-14(16)13-6-9-17-15(10-13)7-4-3-5-8-15/h12-13H,3-11H2,1-2H3. The van der Waals surface area contributed by atoms with Gasteiger partial charge in [-0.2, -0.15) is 11.8 Å². The van der Waals surface area contributed by atoms with Crippen LogP contribution in [-0.2, 0) is 9.53 Å². The quantitative estimate of drug-likeness (QED) is 0.776. The minimum absolute atomic E-state index is 0.0688. The van der Waals surface area contributed by atoms with Crippen molar-refractivity contribution in [3.05, 3.63) is 0 Å². The molecule has 18 heavy (non-hydrogen) atoms. The summed E-state index contributed by atoms with van der Waals surface area (Å²) in [5.74, 6) is 1.42. The van der Waals surface area contributed by atoms with Gasteiger partial charge in [-0.1, -0.05) is 33.1 Å². The Kier molecular flexibility index (Phi) is 5.14. The van der Waals surface area contributed by atoms with E-state index in [-0.39, 0.29) is 11.5 Å². The average molecular weight is 270 g/mol. The van der Waals surface area contributed by atoms with Crippen molar-refractivity contribution in [2.45, 2.75) is 69.6 Å². The fraction of sp³-hybridized carbons (Fsp3) is 0.933. The van der Waals surface area contributed by atoms with E-state index in [1.807, 2.05) is 0 Å². The molecule has 0 aromatic rings. The largest absolute Gasteiger partial charge is 0.375 e. The summed E-state index contributed by atoms with van der Waals surface area (Å²) in [4.78, 5) is 12.3. The predicted octanol–water partition coefficient (Wildman–Crippen LogP) is 3.83. The van der Waals surface area contributed by atoms with Gasteiger partial charge in [0.2, 0.25) is 0 Å². The highest BCUT2D eigenvalue weighted by Crippen LogP contribution is 2.41. The van der Waals surface area contributed by atoms with Crippen LogP contribution in [0, 0.1) is 5.92 Å². The molecular formula is C15H26O2S. The number of Topliss-reactive ketones (excluding diaryl/α,β-unsaturated/α-hetero) is 1. The first-order valence-corrected chi connectivity index (χ1v) is 8.44. The maximum Gasteiger partial charge on any atom is 0.146 e. The molecule has 2 aliphatic rings. The Labute approximate surface area is 115 Å². The Morgan fingerprint density at radius 1 is 1.33 bits per heavy atom. The fourth-order valence-electron chi connectivity index (χ4n) is 3.21. The Balaban J connectivity index is 1.87. The van der Waals surface area contributed by atoms with Crippen molar-refractivity contribution in [1.82, 2.24) is 0 Å². The number of carbonyl (C=O) groups is 1. The van der Waals surface area contributed by atoms with Crippen LogP contribution in [0.15, 0.2) is 0 Å². The third-order valence-electron chi connectivity index (χ3n) is 4.27. The Morgan fingerprint density at radius 2 is 2.06 bits per heavy atom. The van der Waals surface area contributed by atoms with Gasteiger partial charge >= 0.3 is 0 Å². The van der Waals surface area contributed by atoms with E-state index in [9.17, 15) is 4.79 Å². The second kappa shape index (κ2) is 6.42. The summed E-state index contributed by atoms with van der Waals surface area (Å²) in [5, 5.41) is 0.553. The molecule has 1 spiro atoms. The molecule has 0 N–H and O–H groups in total. The van der Waals surface area contributed by atoms with Gasteiger partial charge in [-0.25, -0.2) is 0 Å². The summed E-state index contributed by atoms with van der Waals surface area (Å²) in [7, 11) is 0. The van der Waals surface area contributed by atoms with E-state index in [1.165, 1.54) is 32.1 Å². The zero-order chi connectivity index (χ0) is 13.0. The Bertz CT molecular complexity index is 277. The first-order valence-electron chi connectivity index (χ1n) is 7.40. The van der Waals surface area contributed by atoms with Gasteiger partial charge in [-0.15, -0.1) is 0 Å². The van der Waals surface area contributed by atoms with Gasteiger partial charge in [-0.05, 0) is 30.9 Å². The molecular weight excluding hydrogens is 244 g/mol. The molecule has 1 atom stereocenters. The van der Waals surface area contributed by atoms with Crippen LogP contribution in [0.5, 0.6) is 0 Å².